The number of hydrogen-bond donors (Lipinski definition) is 4. The smallest absolute Gasteiger partial charge is 0.326 e. The van der Waals surface area contributed by atoms with Gasteiger partial charge in [-0.05, 0) is 25.8 Å². The highest BCUT2D eigenvalue weighted by Gasteiger charge is 2.39. The first-order chi connectivity index (χ1) is 8.55. The molecule has 2 atom stereocenters. The van der Waals surface area contributed by atoms with Crippen molar-refractivity contribution < 1.29 is 19.8 Å². The van der Waals surface area contributed by atoms with E-state index < -0.39 is 17.4 Å². The molecule has 0 saturated carbocycles. The lowest BCUT2D eigenvalue weighted by Crippen LogP contribution is -2.54. The average molecular weight is 258 g/mol. The van der Waals surface area contributed by atoms with Crippen molar-refractivity contribution >= 4 is 11.9 Å². The Labute approximate surface area is 107 Å². The molecule has 0 radical (unpaired) electrons. The van der Waals surface area contributed by atoms with Crippen LogP contribution in [0.2, 0.25) is 0 Å². The fourth-order valence-electron chi connectivity index (χ4n) is 2.32. The first-order valence-electron chi connectivity index (χ1n) is 6.41. The third-order valence-electron chi connectivity index (χ3n) is 3.65. The van der Waals surface area contributed by atoms with Gasteiger partial charge in [0.25, 0.3) is 0 Å². The van der Waals surface area contributed by atoms with Crippen LogP contribution in [0.25, 0.3) is 0 Å². The summed E-state index contributed by atoms with van der Waals surface area (Å²) in [6.07, 6.45) is 2.40. The minimum absolute atomic E-state index is 0.0360. The van der Waals surface area contributed by atoms with Gasteiger partial charge in [-0.3, -0.25) is 4.79 Å². The Balaban J connectivity index is 2.68. The highest BCUT2D eigenvalue weighted by molar-refractivity contribution is 5.87. The maximum Gasteiger partial charge on any atom is 0.326 e. The first-order valence-corrected chi connectivity index (χ1v) is 6.41. The molecule has 0 spiro atoms. The number of hydrogen-bond acceptors (Lipinski definition) is 4. The van der Waals surface area contributed by atoms with Gasteiger partial charge in [0.05, 0.1) is 5.41 Å². The second kappa shape index (κ2) is 6.70. The standard InChI is InChI=1S/C12H22N2O4/c1-2-12(5-3-6-13-8-12)11(18)14-9(4-7-15)10(16)17/h9,13,15H,2-8H2,1H3,(H,14,18)(H,16,17)/t9-,12?/m0/s1. The van der Waals surface area contributed by atoms with Crippen LogP contribution in [-0.4, -0.2) is 47.8 Å². The number of piperidine rings is 1. The number of carboxylic acids is 1. The SMILES string of the molecule is CCC1(C(=O)N[C@@H](CCO)C(=O)O)CCCNC1. The van der Waals surface area contributed by atoms with E-state index in [1.807, 2.05) is 6.92 Å². The van der Waals surface area contributed by atoms with E-state index >= 15 is 0 Å². The number of carboxylic acid groups (broad SMARTS) is 1. The highest BCUT2D eigenvalue weighted by Crippen LogP contribution is 2.30. The van der Waals surface area contributed by atoms with Gasteiger partial charge in [0.1, 0.15) is 6.04 Å². The topological polar surface area (TPSA) is 98.7 Å². The molecule has 4 N–H and O–H groups in total. The lowest BCUT2D eigenvalue weighted by molar-refractivity contribution is -0.144. The van der Waals surface area contributed by atoms with Crippen LogP contribution in [0.3, 0.4) is 0 Å². The molecule has 0 aliphatic carbocycles. The minimum atomic E-state index is -1.10. The highest BCUT2D eigenvalue weighted by atomic mass is 16.4. The zero-order valence-corrected chi connectivity index (χ0v) is 10.7. The van der Waals surface area contributed by atoms with E-state index in [-0.39, 0.29) is 18.9 Å². The molecule has 6 nitrogen and oxygen atoms in total. The molecule has 6 heteroatoms. The van der Waals surface area contributed by atoms with Crippen LogP contribution >= 0.6 is 0 Å². The van der Waals surface area contributed by atoms with Gasteiger partial charge in [-0.25, -0.2) is 4.79 Å². The van der Waals surface area contributed by atoms with Crippen LogP contribution in [0.15, 0.2) is 0 Å². The predicted octanol–water partition coefficient (Wildman–Crippen LogP) is -0.282. The van der Waals surface area contributed by atoms with Crippen molar-refractivity contribution in [3.63, 3.8) is 0 Å². The largest absolute Gasteiger partial charge is 0.480 e. The van der Waals surface area contributed by atoms with Crippen LogP contribution in [0.5, 0.6) is 0 Å². The average Bonchev–Trinajstić information content (AvgIpc) is 2.38. The molecule has 104 valence electrons. The quantitative estimate of drug-likeness (QED) is 0.525. The molecule has 0 aromatic heterocycles. The van der Waals surface area contributed by atoms with Crippen molar-refractivity contribution in [2.75, 3.05) is 19.7 Å². The summed E-state index contributed by atoms with van der Waals surface area (Å²) in [5, 5.41) is 23.5. The lowest BCUT2D eigenvalue weighted by atomic mass is 9.77. The van der Waals surface area contributed by atoms with Gasteiger partial charge in [0.2, 0.25) is 5.91 Å². The Kier molecular flexibility index (Phi) is 5.55. The molecule has 1 saturated heterocycles. The Hall–Kier alpha value is -1.14. The van der Waals surface area contributed by atoms with Crippen LogP contribution in [0.4, 0.5) is 0 Å². The molecule has 18 heavy (non-hydrogen) atoms. The van der Waals surface area contributed by atoms with Crippen molar-refractivity contribution in [1.82, 2.24) is 10.6 Å². The predicted molar refractivity (Wildman–Crippen MR) is 66.1 cm³/mol. The first kappa shape index (κ1) is 14.9. The molecule has 0 aromatic carbocycles. The molecule has 1 aliphatic heterocycles. The van der Waals surface area contributed by atoms with Crippen molar-refractivity contribution in [1.29, 1.82) is 0 Å². The molecule has 1 unspecified atom stereocenters. The van der Waals surface area contributed by atoms with E-state index in [4.69, 9.17) is 10.2 Å². The van der Waals surface area contributed by atoms with Crippen molar-refractivity contribution in [2.24, 2.45) is 5.41 Å². The van der Waals surface area contributed by atoms with E-state index in [0.29, 0.717) is 13.0 Å². The number of nitrogens with one attached hydrogen (secondary N) is 2. The molecule has 1 aliphatic rings. The molecule has 0 aromatic rings. The van der Waals surface area contributed by atoms with E-state index in [2.05, 4.69) is 10.6 Å². The van der Waals surface area contributed by atoms with Crippen LogP contribution in [0, 0.1) is 5.41 Å². The van der Waals surface area contributed by atoms with Gasteiger partial charge in [0.15, 0.2) is 0 Å². The number of carbonyl (C=O) groups is 2. The molecule has 1 amide bonds. The molecular formula is C12H22N2O4. The Morgan fingerprint density at radius 1 is 1.50 bits per heavy atom. The molecule has 0 bridgehead atoms. The van der Waals surface area contributed by atoms with Crippen LogP contribution in [-0.2, 0) is 9.59 Å². The second-order valence-corrected chi connectivity index (χ2v) is 4.79. The summed E-state index contributed by atoms with van der Waals surface area (Å²) in [5.74, 6) is -1.33. The van der Waals surface area contributed by atoms with Gasteiger partial charge in [-0.15, -0.1) is 0 Å². The Bertz CT molecular complexity index is 300. The van der Waals surface area contributed by atoms with Gasteiger partial charge >= 0.3 is 5.97 Å². The zero-order valence-electron chi connectivity index (χ0n) is 10.7. The Morgan fingerprint density at radius 3 is 2.67 bits per heavy atom. The molecule has 1 heterocycles. The molecule has 1 rings (SSSR count). The maximum absolute atomic E-state index is 12.2. The summed E-state index contributed by atoms with van der Waals surface area (Å²) in [4.78, 5) is 23.2. The van der Waals surface area contributed by atoms with Crippen molar-refractivity contribution in [3.05, 3.63) is 0 Å². The van der Waals surface area contributed by atoms with E-state index in [1.165, 1.54) is 0 Å². The van der Waals surface area contributed by atoms with Crippen LogP contribution in [0.1, 0.15) is 32.6 Å². The summed E-state index contributed by atoms with van der Waals surface area (Å²) in [6.45, 7) is 3.16. The van der Waals surface area contributed by atoms with E-state index in [0.717, 1.165) is 19.4 Å². The summed E-state index contributed by atoms with van der Waals surface area (Å²) in [5.41, 5.74) is -0.512. The van der Waals surface area contributed by atoms with Gasteiger partial charge in [-0.2, -0.15) is 0 Å². The molecule has 1 fully saturated rings. The third kappa shape index (κ3) is 3.43. The fourth-order valence-corrected chi connectivity index (χ4v) is 2.32. The van der Waals surface area contributed by atoms with E-state index in [9.17, 15) is 9.59 Å². The summed E-state index contributed by atoms with van der Waals surface area (Å²) in [6, 6.07) is -1.01. The monoisotopic (exact) mass is 258 g/mol. The maximum atomic E-state index is 12.2. The van der Waals surface area contributed by atoms with Crippen molar-refractivity contribution in [3.8, 4) is 0 Å². The van der Waals surface area contributed by atoms with Gasteiger partial charge in [-0.1, -0.05) is 6.92 Å². The number of aliphatic hydroxyl groups is 1. The summed E-state index contributed by atoms with van der Waals surface area (Å²) in [7, 11) is 0. The van der Waals surface area contributed by atoms with Gasteiger partial charge in [0, 0.05) is 19.6 Å². The molecular weight excluding hydrogens is 236 g/mol. The number of amides is 1. The second-order valence-electron chi connectivity index (χ2n) is 4.79. The number of carbonyl (C=O) groups excluding carboxylic acids is 1. The van der Waals surface area contributed by atoms with Gasteiger partial charge < -0.3 is 20.8 Å². The normalized spacial score (nSPS) is 25.4. The fraction of sp³-hybridized carbons (Fsp3) is 0.833. The summed E-state index contributed by atoms with van der Waals surface area (Å²) >= 11 is 0. The summed E-state index contributed by atoms with van der Waals surface area (Å²) < 4.78 is 0. The zero-order chi connectivity index (χ0) is 13.6. The van der Waals surface area contributed by atoms with Crippen LogP contribution < -0.4 is 10.6 Å². The number of aliphatic hydroxyl groups excluding tert-OH is 1. The van der Waals surface area contributed by atoms with Crippen molar-refractivity contribution in [2.45, 2.75) is 38.6 Å². The lowest BCUT2D eigenvalue weighted by Gasteiger charge is -2.36. The number of aliphatic carboxylic acids is 1. The Morgan fingerprint density at radius 2 is 2.22 bits per heavy atom. The van der Waals surface area contributed by atoms with E-state index in [1.54, 1.807) is 0 Å². The minimum Gasteiger partial charge on any atom is -0.480 e. The number of rotatable bonds is 6. The third-order valence-corrected chi connectivity index (χ3v) is 3.65.